The fraction of sp³-hybridized carbons (Fsp3) is 0.571. The number of ether oxygens (including phenoxy) is 1. The van der Waals surface area contributed by atoms with Crippen LogP contribution in [0.2, 0.25) is 5.02 Å². The molecule has 3 rings (SSSR count). The maximum absolute atomic E-state index is 11.7. The van der Waals surface area contributed by atoms with Crippen molar-refractivity contribution in [1.82, 2.24) is 0 Å². The Balaban J connectivity index is 1.81. The molecule has 2 fully saturated rings. The van der Waals surface area contributed by atoms with Crippen LogP contribution in [0.25, 0.3) is 0 Å². The van der Waals surface area contributed by atoms with E-state index in [2.05, 4.69) is 15.9 Å². The van der Waals surface area contributed by atoms with Gasteiger partial charge >= 0.3 is 0 Å². The monoisotopic (exact) mass is 412 g/mol. The van der Waals surface area contributed by atoms with Crippen LogP contribution in [0, 0.1) is 17.8 Å². The molecule has 0 spiro atoms. The summed E-state index contributed by atoms with van der Waals surface area (Å²) < 4.78 is 29.7. The Morgan fingerprint density at radius 1 is 1.29 bits per heavy atom. The highest BCUT2D eigenvalue weighted by atomic mass is 79.9. The second-order valence-corrected chi connectivity index (χ2v) is 9.76. The number of fused-ring (bicyclic) bond motifs is 2. The van der Waals surface area contributed by atoms with Crippen LogP contribution in [0.5, 0.6) is 5.75 Å². The van der Waals surface area contributed by atoms with Crippen molar-refractivity contribution >= 4 is 47.3 Å². The Labute approximate surface area is 142 Å². The van der Waals surface area contributed by atoms with E-state index in [9.17, 15) is 8.42 Å². The summed E-state index contributed by atoms with van der Waals surface area (Å²) in [5.41, 5.74) is 0. The minimum atomic E-state index is -3.90. The van der Waals surface area contributed by atoms with Crippen molar-refractivity contribution in [3.63, 3.8) is 0 Å². The second-order valence-electron chi connectivity index (χ2n) is 5.90. The van der Waals surface area contributed by atoms with Gasteiger partial charge < -0.3 is 4.74 Å². The van der Waals surface area contributed by atoms with Crippen LogP contribution in [0.1, 0.15) is 25.7 Å². The Hall–Kier alpha value is 0.0300. The fourth-order valence-corrected chi connectivity index (χ4v) is 5.70. The average Bonchev–Trinajstić information content (AvgIpc) is 2.98. The third kappa shape index (κ3) is 3.36. The lowest BCUT2D eigenvalue weighted by molar-refractivity contribution is 0.192. The van der Waals surface area contributed by atoms with Crippen LogP contribution in [0.15, 0.2) is 21.5 Å². The Morgan fingerprint density at radius 2 is 2.05 bits per heavy atom. The van der Waals surface area contributed by atoms with Gasteiger partial charge in [0.2, 0.25) is 0 Å². The first-order valence-corrected chi connectivity index (χ1v) is 10.4. The third-order valence-electron chi connectivity index (χ3n) is 4.56. The maximum Gasteiger partial charge on any atom is 0.265 e. The Bertz CT molecular complexity index is 662. The average molecular weight is 414 g/mol. The third-order valence-corrected chi connectivity index (χ3v) is 6.63. The number of halogens is 3. The van der Waals surface area contributed by atoms with Crippen molar-refractivity contribution in [3.05, 3.63) is 21.6 Å². The van der Waals surface area contributed by atoms with Gasteiger partial charge in [-0.2, -0.15) is 0 Å². The summed E-state index contributed by atoms with van der Waals surface area (Å²) in [5, 5.41) is 0.256. The summed E-state index contributed by atoms with van der Waals surface area (Å²) in [6, 6.07) is 3.04. The second kappa shape index (κ2) is 5.91. The van der Waals surface area contributed by atoms with E-state index >= 15 is 0 Å². The molecule has 0 N–H and O–H groups in total. The van der Waals surface area contributed by atoms with Gasteiger partial charge in [-0.25, -0.2) is 8.42 Å². The van der Waals surface area contributed by atoms with E-state index in [0.29, 0.717) is 22.9 Å². The van der Waals surface area contributed by atoms with Gasteiger partial charge in [-0.1, -0.05) is 34.0 Å². The predicted molar refractivity (Wildman–Crippen MR) is 86.6 cm³/mol. The molecule has 2 aliphatic rings. The molecule has 0 amide bonds. The van der Waals surface area contributed by atoms with E-state index in [4.69, 9.17) is 27.0 Å². The molecule has 7 heteroatoms. The van der Waals surface area contributed by atoms with Crippen molar-refractivity contribution in [1.29, 1.82) is 0 Å². The summed E-state index contributed by atoms with van der Waals surface area (Å²) >= 11 is 9.35. The van der Waals surface area contributed by atoms with E-state index < -0.39 is 9.05 Å². The number of hydrogen-bond donors (Lipinski definition) is 0. The van der Waals surface area contributed by atoms with Crippen LogP contribution in [0.3, 0.4) is 0 Å². The zero-order chi connectivity index (χ0) is 15.2. The molecule has 1 aromatic carbocycles. The molecule has 0 aromatic heterocycles. The molecule has 0 aliphatic heterocycles. The van der Waals surface area contributed by atoms with Crippen molar-refractivity contribution in [2.75, 3.05) is 6.61 Å². The molecule has 0 heterocycles. The summed E-state index contributed by atoms with van der Waals surface area (Å²) in [4.78, 5) is -0.0771. The Morgan fingerprint density at radius 3 is 2.62 bits per heavy atom. The highest BCUT2D eigenvalue weighted by molar-refractivity contribution is 9.10. The highest BCUT2D eigenvalue weighted by Gasteiger charge is 2.40. The number of hydrogen-bond acceptors (Lipinski definition) is 3. The van der Waals surface area contributed by atoms with Gasteiger partial charge in [0.25, 0.3) is 9.05 Å². The molecule has 0 saturated heterocycles. The van der Waals surface area contributed by atoms with Crippen LogP contribution in [-0.4, -0.2) is 15.0 Å². The lowest BCUT2D eigenvalue weighted by Gasteiger charge is -2.22. The molecule has 3 atom stereocenters. The number of rotatable bonds is 4. The number of benzene rings is 1. The van der Waals surface area contributed by atoms with Gasteiger partial charge in [0, 0.05) is 15.2 Å². The van der Waals surface area contributed by atoms with Crippen molar-refractivity contribution in [2.45, 2.75) is 30.6 Å². The van der Waals surface area contributed by atoms with Crippen molar-refractivity contribution < 1.29 is 13.2 Å². The predicted octanol–water partition coefficient (Wildman–Crippen LogP) is 4.85. The first-order chi connectivity index (χ1) is 9.84. The van der Waals surface area contributed by atoms with Crippen molar-refractivity contribution in [3.8, 4) is 5.75 Å². The zero-order valence-electron chi connectivity index (χ0n) is 11.2. The molecule has 2 aliphatic carbocycles. The molecule has 3 unspecified atom stereocenters. The quantitative estimate of drug-likeness (QED) is 0.663. The molecule has 21 heavy (non-hydrogen) atoms. The molecule has 2 bridgehead atoms. The first kappa shape index (κ1) is 15.9. The molecule has 3 nitrogen and oxygen atoms in total. The van der Waals surface area contributed by atoms with Crippen LogP contribution in [-0.2, 0) is 9.05 Å². The zero-order valence-corrected chi connectivity index (χ0v) is 15.1. The molecule has 116 valence electrons. The van der Waals surface area contributed by atoms with E-state index in [-0.39, 0.29) is 15.7 Å². The van der Waals surface area contributed by atoms with Gasteiger partial charge in [-0.15, -0.1) is 0 Å². The topological polar surface area (TPSA) is 43.4 Å². The highest BCUT2D eigenvalue weighted by Crippen LogP contribution is 2.48. The van der Waals surface area contributed by atoms with E-state index in [1.807, 2.05) is 0 Å². The first-order valence-electron chi connectivity index (χ1n) is 6.91. The molecule has 2 saturated carbocycles. The smallest absolute Gasteiger partial charge is 0.265 e. The van der Waals surface area contributed by atoms with Crippen LogP contribution in [0.4, 0.5) is 0 Å². The minimum Gasteiger partial charge on any atom is -0.490 e. The van der Waals surface area contributed by atoms with Crippen LogP contribution >= 0.6 is 38.2 Å². The molecular weight excluding hydrogens is 399 g/mol. The van der Waals surface area contributed by atoms with Gasteiger partial charge in [0.05, 0.1) is 11.6 Å². The minimum absolute atomic E-state index is 0.0771. The van der Waals surface area contributed by atoms with Gasteiger partial charge in [0.15, 0.2) is 5.75 Å². The maximum atomic E-state index is 11.7. The summed E-state index contributed by atoms with van der Waals surface area (Å²) in [6.45, 7) is 0.502. The van der Waals surface area contributed by atoms with E-state index in [1.165, 1.54) is 31.7 Å². The Kier molecular flexibility index (Phi) is 4.48. The summed E-state index contributed by atoms with van der Waals surface area (Å²) in [7, 11) is 1.58. The lowest BCUT2D eigenvalue weighted by atomic mass is 9.89. The fourth-order valence-electron chi connectivity index (χ4n) is 3.63. The SMILES string of the molecule is O=S(=O)(Cl)c1cc(Br)cc(Cl)c1OCC1CC2CCC1C2. The standard InChI is InChI=1S/C14H15BrCl2O3S/c15-11-5-12(16)14(13(6-11)21(17,18)19)20-7-10-4-8-1-2-9(10)3-8/h5-6,8-10H,1-4,7H2. The van der Waals surface area contributed by atoms with E-state index in [1.54, 1.807) is 6.07 Å². The van der Waals surface area contributed by atoms with Crippen molar-refractivity contribution in [2.24, 2.45) is 17.8 Å². The molecule has 0 radical (unpaired) electrons. The molecular formula is C14H15BrCl2O3S. The summed E-state index contributed by atoms with van der Waals surface area (Å²) in [5.74, 6) is 2.19. The lowest BCUT2D eigenvalue weighted by Crippen LogP contribution is -2.19. The van der Waals surface area contributed by atoms with E-state index in [0.717, 1.165) is 5.92 Å². The molecule has 1 aromatic rings. The van der Waals surface area contributed by atoms with Crippen LogP contribution < -0.4 is 4.74 Å². The van der Waals surface area contributed by atoms with Gasteiger partial charge in [0.1, 0.15) is 4.90 Å². The van der Waals surface area contributed by atoms with Gasteiger partial charge in [-0.3, -0.25) is 0 Å². The summed E-state index contributed by atoms with van der Waals surface area (Å²) in [6.07, 6.45) is 5.03. The largest absolute Gasteiger partial charge is 0.490 e. The normalized spacial score (nSPS) is 28.0. The van der Waals surface area contributed by atoms with Gasteiger partial charge in [-0.05, 0) is 49.1 Å².